The fourth-order valence-electron chi connectivity index (χ4n) is 0.725. The maximum atomic E-state index is 10.3. The molecule has 0 radical (unpaired) electrons. The van der Waals surface area contributed by atoms with E-state index in [1.165, 1.54) is 6.92 Å². The van der Waals surface area contributed by atoms with Gasteiger partial charge in [0.05, 0.1) is 4.92 Å². The van der Waals surface area contributed by atoms with Gasteiger partial charge in [0.2, 0.25) is 5.69 Å². The lowest BCUT2D eigenvalue weighted by Crippen LogP contribution is -1.90. The second kappa shape index (κ2) is 2.38. The number of nitrogens with zero attached hydrogens (tertiary/aromatic N) is 3. The van der Waals surface area contributed by atoms with Crippen molar-refractivity contribution in [2.24, 2.45) is 0 Å². The molecule has 6 heteroatoms. The average Bonchev–Trinajstić information content (AvgIpc) is 2.30. The van der Waals surface area contributed by atoms with Crippen LogP contribution in [0.15, 0.2) is 0 Å². The third kappa shape index (κ3) is 1.03. The van der Waals surface area contributed by atoms with Crippen LogP contribution >= 0.6 is 0 Å². The molecule has 0 aliphatic rings. The normalized spacial score (nSPS) is 9.09. The summed E-state index contributed by atoms with van der Waals surface area (Å²) in [6.07, 6.45) is 0. The van der Waals surface area contributed by atoms with Crippen LogP contribution in [-0.4, -0.2) is 15.1 Å². The Kier molecular flexibility index (Phi) is 1.56. The first-order chi connectivity index (χ1) is 5.16. The van der Waals surface area contributed by atoms with Crippen molar-refractivity contribution < 1.29 is 4.92 Å². The Hall–Kier alpha value is -1.90. The SMILES string of the molecule is Cc1[nH]nc(C#N)c1[N+](=O)[O-]. The summed E-state index contributed by atoms with van der Waals surface area (Å²) in [7, 11) is 0. The molecule has 0 saturated heterocycles. The average molecular weight is 152 g/mol. The van der Waals surface area contributed by atoms with E-state index < -0.39 is 4.92 Å². The van der Waals surface area contributed by atoms with Gasteiger partial charge in [0.25, 0.3) is 0 Å². The van der Waals surface area contributed by atoms with Gasteiger partial charge in [-0.3, -0.25) is 15.2 Å². The van der Waals surface area contributed by atoms with Gasteiger partial charge in [0.15, 0.2) is 0 Å². The minimum Gasteiger partial charge on any atom is -0.274 e. The largest absolute Gasteiger partial charge is 0.327 e. The van der Waals surface area contributed by atoms with Gasteiger partial charge in [-0.15, -0.1) is 0 Å². The summed E-state index contributed by atoms with van der Waals surface area (Å²) in [4.78, 5) is 9.63. The zero-order valence-electron chi connectivity index (χ0n) is 5.66. The minimum atomic E-state index is -0.628. The van der Waals surface area contributed by atoms with Crippen LogP contribution < -0.4 is 0 Å². The number of hydrogen-bond acceptors (Lipinski definition) is 4. The smallest absolute Gasteiger partial charge is 0.274 e. The van der Waals surface area contributed by atoms with E-state index in [-0.39, 0.29) is 11.4 Å². The summed E-state index contributed by atoms with van der Waals surface area (Å²) in [5.74, 6) is 0. The lowest BCUT2D eigenvalue weighted by molar-refractivity contribution is -0.385. The predicted octanol–water partition coefficient (Wildman–Crippen LogP) is 0.498. The number of aromatic amines is 1. The Morgan fingerprint density at radius 2 is 2.45 bits per heavy atom. The number of rotatable bonds is 1. The molecule has 1 aromatic heterocycles. The third-order valence-electron chi connectivity index (χ3n) is 1.20. The number of nitro groups is 1. The zero-order chi connectivity index (χ0) is 8.43. The molecular weight excluding hydrogens is 148 g/mol. The van der Waals surface area contributed by atoms with E-state index in [0.717, 1.165) is 0 Å². The van der Waals surface area contributed by atoms with E-state index in [1.54, 1.807) is 6.07 Å². The van der Waals surface area contributed by atoms with Gasteiger partial charge in [-0.1, -0.05) is 0 Å². The molecule has 0 aromatic carbocycles. The van der Waals surface area contributed by atoms with Crippen LogP contribution in [0.3, 0.4) is 0 Å². The number of aryl methyl sites for hydroxylation is 1. The Morgan fingerprint density at radius 3 is 2.82 bits per heavy atom. The zero-order valence-corrected chi connectivity index (χ0v) is 5.66. The highest BCUT2D eigenvalue weighted by molar-refractivity contribution is 5.46. The molecule has 0 amide bonds. The second-order valence-electron chi connectivity index (χ2n) is 1.91. The van der Waals surface area contributed by atoms with Crippen molar-refractivity contribution in [3.8, 4) is 6.07 Å². The fraction of sp³-hybridized carbons (Fsp3) is 0.200. The minimum absolute atomic E-state index is 0.174. The topological polar surface area (TPSA) is 95.6 Å². The van der Waals surface area contributed by atoms with E-state index in [2.05, 4.69) is 10.2 Å². The second-order valence-corrected chi connectivity index (χ2v) is 1.91. The van der Waals surface area contributed by atoms with Crippen LogP contribution in [0.25, 0.3) is 0 Å². The van der Waals surface area contributed by atoms with E-state index in [4.69, 9.17) is 5.26 Å². The first-order valence-corrected chi connectivity index (χ1v) is 2.76. The number of hydrogen-bond donors (Lipinski definition) is 1. The van der Waals surface area contributed by atoms with Crippen molar-refractivity contribution in [2.45, 2.75) is 6.92 Å². The molecule has 0 unspecified atom stereocenters. The molecule has 0 aliphatic carbocycles. The molecule has 11 heavy (non-hydrogen) atoms. The Bertz CT molecular complexity index is 335. The first-order valence-electron chi connectivity index (χ1n) is 2.76. The molecule has 6 nitrogen and oxygen atoms in total. The van der Waals surface area contributed by atoms with Gasteiger partial charge < -0.3 is 0 Å². The highest BCUT2D eigenvalue weighted by Gasteiger charge is 2.20. The Labute approximate surface area is 61.6 Å². The van der Waals surface area contributed by atoms with Gasteiger partial charge in [-0.05, 0) is 6.92 Å². The highest BCUT2D eigenvalue weighted by Crippen LogP contribution is 2.18. The fourth-order valence-corrected chi connectivity index (χ4v) is 0.725. The van der Waals surface area contributed by atoms with Crippen molar-refractivity contribution in [3.63, 3.8) is 0 Å². The maximum Gasteiger partial charge on any atom is 0.327 e. The number of nitrogens with one attached hydrogen (secondary N) is 1. The molecule has 0 saturated carbocycles. The summed E-state index contributed by atoms with van der Waals surface area (Å²) in [6, 6.07) is 1.61. The number of nitriles is 1. The van der Waals surface area contributed by atoms with Crippen LogP contribution in [0, 0.1) is 28.4 Å². The van der Waals surface area contributed by atoms with E-state index in [9.17, 15) is 10.1 Å². The molecule has 1 heterocycles. The summed E-state index contributed by atoms with van der Waals surface area (Å²) < 4.78 is 0. The van der Waals surface area contributed by atoms with Crippen LogP contribution in [0.1, 0.15) is 11.4 Å². The first kappa shape index (κ1) is 7.21. The van der Waals surface area contributed by atoms with Gasteiger partial charge in [-0.2, -0.15) is 10.4 Å². The quantitative estimate of drug-likeness (QED) is 0.468. The lowest BCUT2D eigenvalue weighted by Gasteiger charge is -1.84. The molecule has 1 rings (SSSR count). The number of H-pyrrole nitrogens is 1. The van der Waals surface area contributed by atoms with Crippen LogP contribution in [0.5, 0.6) is 0 Å². The highest BCUT2D eigenvalue weighted by atomic mass is 16.6. The summed E-state index contributed by atoms with van der Waals surface area (Å²) in [6.45, 7) is 1.49. The standard InChI is InChI=1S/C5H4N4O2/c1-3-5(9(10)11)4(2-6)8-7-3/h1H3,(H,7,8). The third-order valence-corrected chi connectivity index (χ3v) is 1.20. The Balaban J connectivity index is 3.32. The van der Waals surface area contributed by atoms with Crippen molar-refractivity contribution >= 4 is 5.69 Å². The molecule has 0 spiro atoms. The molecule has 0 atom stereocenters. The van der Waals surface area contributed by atoms with E-state index >= 15 is 0 Å². The monoisotopic (exact) mass is 152 g/mol. The number of aromatic nitrogens is 2. The molecular formula is C5H4N4O2. The van der Waals surface area contributed by atoms with Crippen LogP contribution in [-0.2, 0) is 0 Å². The van der Waals surface area contributed by atoms with Gasteiger partial charge in [-0.25, -0.2) is 0 Å². The van der Waals surface area contributed by atoms with Crippen molar-refractivity contribution in [1.82, 2.24) is 10.2 Å². The van der Waals surface area contributed by atoms with Crippen molar-refractivity contribution in [1.29, 1.82) is 5.26 Å². The predicted molar refractivity (Wildman–Crippen MR) is 34.7 cm³/mol. The molecule has 1 aromatic rings. The Morgan fingerprint density at radius 1 is 1.82 bits per heavy atom. The molecule has 0 bridgehead atoms. The van der Waals surface area contributed by atoms with Crippen molar-refractivity contribution in [2.75, 3.05) is 0 Å². The van der Waals surface area contributed by atoms with Crippen LogP contribution in [0.2, 0.25) is 0 Å². The summed E-state index contributed by atoms with van der Waals surface area (Å²) in [5, 5.41) is 24.4. The summed E-state index contributed by atoms with van der Waals surface area (Å²) in [5.41, 5.74) is -0.119. The van der Waals surface area contributed by atoms with Crippen LogP contribution in [0.4, 0.5) is 5.69 Å². The maximum absolute atomic E-state index is 10.3. The van der Waals surface area contributed by atoms with E-state index in [0.29, 0.717) is 5.69 Å². The van der Waals surface area contributed by atoms with Gasteiger partial charge in [0.1, 0.15) is 11.8 Å². The van der Waals surface area contributed by atoms with Crippen molar-refractivity contribution in [3.05, 3.63) is 21.5 Å². The van der Waals surface area contributed by atoms with Gasteiger partial charge in [0, 0.05) is 0 Å². The summed E-state index contributed by atoms with van der Waals surface area (Å²) >= 11 is 0. The van der Waals surface area contributed by atoms with Gasteiger partial charge >= 0.3 is 5.69 Å². The van der Waals surface area contributed by atoms with E-state index in [1.807, 2.05) is 0 Å². The molecule has 56 valence electrons. The molecule has 0 aliphatic heterocycles. The molecule has 1 N–H and O–H groups in total. The molecule has 0 fully saturated rings. The lowest BCUT2D eigenvalue weighted by atomic mass is 10.3.